The van der Waals surface area contributed by atoms with Gasteiger partial charge in [0.15, 0.2) is 5.82 Å². The largest absolute Gasteiger partial charge is 0.496 e. The van der Waals surface area contributed by atoms with Crippen molar-refractivity contribution < 1.29 is 14.3 Å². The molecule has 0 unspecified atom stereocenters. The van der Waals surface area contributed by atoms with Gasteiger partial charge in [-0.1, -0.05) is 11.6 Å². The van der Waals surface area contributed by atoms with E-state index < -0.39 is 0 Å². The molecule has 0 bridgehead atoms. The fourth-order valence-electron chi connectivity index (χ4n) is 3.69. The third-order valence-electron chi connectivity index (χ3n) is 5.39. The number of halogens is 1. The molecule has 2 aromatic carbocycles. The number of amides is 1. The Bertz CT molecular complexity index is 1070. The van der Waals surface area contributed by atoms with Crippen LogP contribution in [-0.4, -0.2) is 60.9 Å². The number of aromatic nitrogens is 2. The van der Waals surface area contributed by atoms with Crippen LogP contribution in [0.3, 0.4) is 0 Å². The van der Waals surface area contributed by atoms with Gasteiger partial charge >= 0.3 is 0 Å². The first kappa shape index (κ1) is 21.9. The summed E-state index contributed by atoms with van der Waals surface area (Å²) in [6.07, 6.45) is 0. The molecule has 0 aliphatic carbocycles. The van der Waals surface area contributed by atoms with Crippen LogP contribution in [0.4, 0.5) is 5.82 Å². The summed E-state index contributed by atoms with van der Waals surface area (Å²) in [4.78, 5) is 16.9. The van der Waals surface area contributed by atoms with E-state index in [9.17, 15) is 4.79 Å². The summed E-state index contributed by atoms with van der Waals surface area (Å²) in [5.74, 6) is 2.08. The Morgan fingerprint density at radius 2 is 1.75 bits per heavy atom. The summed E-state index contributed by atoms with van der Waals surface area (Å²) in [6.45, 7) is 5.10. The van der Waals surface area contributed by atoms with Crippen LogP contribution in [0.15, 0.2) is 54.6 Å². The zero-order chi connectivity index (χ0) is 22.5. The van der Waals surface area contributed by atoms with Crippen LogP contribution in [0.1, 0.15) is 17.3 Å². The van der Waals surface area contributed by atoms with Gasteiger partial charge in [0.25, 0.3) is 5.91 Å². The molecule has 3 aromatic rings. The van der Waals surface area contributed by atoms with E-state index in [1.165, 1.54) is 0 Å². The zero-order valence-corrected chi connectivity index (χ0v) is 18.9. The van der Waals surface area contributed by atoms with Gasteiger partial charge < -0.3 is 19.3 Å². The number of carbonyl (C=O) groups excluding carboxylic acids is 1. The van der Waals surface area contributed by atoms with Crippen LogP contribution in [-0.2, 0) is 0 Å². The Balaban J connectivity index is 1.39. The molecule has 0 atom stereocenters. The number of ether oxygens (including phenoxy) is 2. The average molecular weight is 453 g/mol. The zero-order valence-electron chi connectivity index (χ0n) is 18.1. The van der Waals surface area contributed by atoms with Gasteiger partial charge in [-0.15, -0.1) is 10.2 Å². The van der Waals surface area contributed by atoms with E-state index in [-0.39, 0.29) is 5.91 Å². The van der Waals surface area contributed by atoms with E-state index in [1.807, 2.05) is 48.2 Å². The average Bonchev–Trinajstić information content (AvgIpc) is 2.84. The summed E-state index contributed by atoms with van der Waals surface area (Å²) in [6, 6.07) is 16.8. The SMILES string of the molecule is CCOc1ccc(-c2ccc(N3CCN(C(=O)c4cc(Cl)ccc4OC)CC3)nn2)cc1. The molecular weight excluding hydrogens is 428 g/mol. The summed E-state index contributed by atoms with van der Waals surface area (Å²) in [5.41, 5.74) is 2.27. The van der Waals surface area contributed by atoms with Crippen LogP contribution in [0.2, 0.25) is 5.02 Å². The van der Waals surface area contributed by atoms with E-state index in [4.69, 9.17) is 21.1 Å². The Morgan fingerprint density at radius 3 is 2.38 bits per heavy atom. The predicted octanol–water partition coefficient (Wildman–Crippen LogP) is 4.17. The molecule has 0 saturated carbocycles. The van der Waals surface area contributed by atoms with Crippen molar-refractivity contribution in [1.82, 2.24) is 15.1 Å². The van der Waals surface area contributed by atoms with Gasteiger partial charge in [0.05, 0.1) is 25.0 Å². The first-order valence-corrected chi connectivity index (χ1v) is 10.9. The maximum absolute atomic E-state index is 13.0. The van der Waals surface area contributed by atoms with Crippen molar-refractivity contribution in [3.8, 4) is 22.8 Å². The maximum atomic E-state index is 13.0. The molecule has 0 spiro atoms. The molecule has 8 heteroatoms. The summed E-state index contributed by atoms with van der Waals surface area (Å²) in [7, 11) is 1.55. The molecule has 1 aromatic heterocycles. The normalized spacial score (nSPS) is 13.7. The molecule has 0 radical (unpaired) electrons. The Morgan fingerprint density at radius 1 is 1.00 bits per heavy atom. The minimum atomic E-state index is -0.0825. The van der Waals surface area contributed by atoms with Crippen LogP contribution in [0, 0.1) is 0 Å². The van der Waals surface area contributed by atoms with Crippen LogP contribution in [0.25, 0.3) is 11.3 Å². The van der Waals surface area contributed by atoms with Gasteiger partial charge in [0, 0.05) is 36.8 Å². The van der Waals surface area contributed by atoms with E-state index in [1.54, 1.807) is 25.3 Å². The van der Waals surface area contributed by atoms with Crippen molar-refractivity contribution in [3.05, 3.63) is 65.2 Å². The smallest absolute Gasteiger partial charge is 0.257 e. The Labute approximate surface area is 192 Å². The number of hydrogen-bond donors (Lipinski definition) is 0. The van der Waals surface area contributed by atoms with Gasteiger partial charge in [0.2, 0.25) is 0 Å². The summed E-state index contributed by atoms with van der Waals surface area (Å²) in [5, 5.41) is 9.31. The molecule has 1 fully saturated rings. The summed E-state index contributed by atoms with van der Waals surface area (Å²) >= 11 is 6.08. The second kappa shape index (κ2) is 9.87. The quantitative estimate of drug-likeness (QED) is 0.559. The van der Waals surface area contributed by atoms with Crippen molar-refractivity contribution in [2.45, 2.75) is 6.92 Å². The number of anilines is 1. The molecule has 32 heavy (non-hydrogen) atoms. The molecule has 4 rings (SSSR count). The first-order valence-electron chi connectivity index (χ1n) is 10.5. The third kappa shape index (κ3) is 4.78. The number of hydrogen-bond acceptors (Lipinski definition) is 6. The first-order chi connectivity index (χ1) is 15.6. The lowest BCUT2D eigenvalue weighted by Gasteiger charge is -2.35. The van der Waals surface area contributed by atoms with E-state index in [0.29, 0.717) is 49.1 Å². The standard InChI is InChI=1S/C24H25ClN4O3/c1-3-32-19-7-4-17(5-8-19)21-9-11-23(27-26-21)28-12-14-29(15-13-28)24(30)20-16-18(25)6-10-22(20)31-2/h4-11,16H,3,12-15H2,1-2H3. The lowest BCUT2D eigenvalue weighted by atomic mass is 10.1. The van der Waals surface area contributed by atoms with Crippen molar-refractivity contribution in [2.24, 2.45) is 0 Å². The van der Waals surface area contributed by atoms with Crippen LogP contribution >= 0.6 is 11.6 Å². The van der Waals surface area contributed by atoms with Crippen LogP contribution < -0.4 is 14.4 Å². The number of methoxy groups -OCH3 is 1. The highest BCUT2D eigenvalue weighted by molar-refractivity contribution is 6.31. The van der Waals surface area contributed by atoms with Crippen molar-refractivity contribution in [1.29, 1.82) is 0 Å². The van der Waals surface area contributed by atoms with E-state index in [0.717, 1.165) is 22.8 Å². The van der Waals surface area contributed by atoms with Gasteiger partial charge in [-0.25, -0.2) is 0 Å². The number of rotatable bonds is 6. The minimum absolute atomic E-state index is 0.0825. The fourth-order valence-corrected chi connectivity index (χ4v) is 3.86. The minimum Gasteiger partial charge on any atom is -0.496 e. The molecule has 1 aliphatic heterocycles. The number of benzene rings is 2. The molecule has 2 heterocycles. The highest BCUT2D eigenvalue weighted by Crippen LogP contribution is 2.26. The molecule has 1 saturated heterocycles. The Hall–Kier alpha value is -3.32. The van der Waals surface area contributed by atoms with Crippen molar-refractivity contribution >= 4 is 23.3 Å². The molecular formula is C24H25ClN4O3. The molecule has 1 amide bonds. The maximum Gasteiger partial charge on any atom is 0.257 e. The van der Waals surface area contributed by atoms with E-state index >= 15 is 0 Å². The second-order valence-corrected chi connectivity index (χ2v) is 7.79. The Kier molecular flexibility index (Phi) is 6.75. The van der Waals surface area contributed by atoms with Crippen LogP contribution in [0.5, 0.6) is 11.5 Å². The highest BCUT2D eigenvalue weighted by Gasteiger charge is 2.25. The molecule has 1 aliphatic rings. The van der Waals surface area contributed by atoms with Gasteiger partial charge in [-0.05, 0) is 61.5 Å². The monoisotopic (exact) mass is 452 g/mol. The molecule has 7 nitrogen and oxygen atoms in total. The van der Waals surface area contributed by atoms with E-state index in [2.05, 4.69) is 15.1 Å². The number of nitrogens with zero attached hydrogens (tertiary/aromatic N) is 4. The summed E-state index contributed by atoms with van der Waals surface area (Å²) < 4.78 is 10.8. The van der Waals surface area contributed by atoms with Gasteiger partial charge in [-0.2, -0.15) is 0 Å². The van der Waals surface area contributed by atoms with Crippen molar-refractivity contribution in [2.75, 3.05) is 44.8 Å². The molecule has 0 N–H and O–H groups in total. The van der Waals surface area contributed by atoms with Gasteiger partial charge in [0.1, 0.15) is 11.5 Å². The third-order valence-corrected chi connectivity index (χ3v) is 5.63. The predicted molar refractivity (Wildman–Crippen MR) is 125 cm³/mol. The lowest BCUT2D eigenvalue weighted by Crippen LogP contribution is -2.49. The number of carbonyl (C=O) groups is 1. The second-order valence-electron chi connectivity index (χ2n) is 7.36. The lowest BCUT2D eigenvalue weighted by molar-refractivity contribution is 0.0743. The highest BCUT2D eigenvalue weighted by atomic mass is 35.5. The number of piperazine rings is 1. The van der Waals surface area contributed by atoms with Gasteiger partial charge in [-0.3, -0.25) is 4.79 Å². The topological polar surface area (TPSA) is 67.8 Å². The van der Waals surface area contributed by atoms with Crippen molar-refractivity contribution in [3.63, 3.8) is 0 Å². The molecule has 166 valence electrons. The fraction of sp³-hybridized carbons (Fsp3) is 0.292.